The third kappa shape index (κ3) is 1.72. The van der Waals surface area contributed by atoms with E-state index < -0.39 is 0 Å². The molecule has 94 valence electrons. The molecule has 0 spiro atoms. The van der Waals surface area contributed by atoms with Gasteiger partial charge in [0.15, 0.2) is 5.58 Å². The molecule has 0 atom stereocenters. The molecule has 6 heteroatoms. The van der Waals surface area contributed by atoms with Gasteiger partial charge in [0.2, 0.25) is 0 Å². The summed E-state index contributed by atoms with van der Waals surface area (Å²) in [7, 11) is 0. The highest BCUT2D eigenvalue weighted by molar-refractivity contribution is 5.73. The maximum atomic E-state index is 12.1. The molecule has 1 N–H and O–H groups in total. The first-order valence-corrected chi connectivity index (χ1v) is 5.74. The third-order valence-electron chi connectivity index (χ3n) is 2.92. The summed E-state index contributed by atoms with van der Waals surface area (Å²) in [5.74, 6) is 0. The monoisotopic (exact) mass is 254 g/mol. The molecule has 2 heterocycles. The normalized spacial score (nSPS) is 10.7. The van der Waals surface area contributed by atoms with E-state index in [1.165, 1.54) is 4.68 Å². The number of nitrogens with one attached hydrogen (secondary N) is 1. The molecular formula is C13H10N4O2. The fraction of sp³-hybridized carbons (Fsp3) is 0.154. The van der Waals surface area contributed by atoms with Crippen molar-refractivity contribution >= 4 is 11.1 Å². The minimum Gasteiger partial charge on any atom is -0.422 e. The Kier molecular flexibility index (Phi) is 2.46. The Hall–Kier alpha value is -2.81. The van der Waals surface area contributed by atoms with E-state index in [2.05, 4.69) is 10.1 Å². The highest BCUT2D eigenvalue weighted by Gasteiger charge is 2.15. The summed E-state index contributed by atoms with van der Waals surface area (Å²) in [5, 5.41) is 11.6. The second kappa shape index (κ2) is 4.14. The van der Waals surface area contributed by atoms with Crippen LogP contribution in [0.15, 0.2) is 33.5 Å². The number of rotatable bonds is 2. The van der Waals surface area contributed by atoms with Crippen LogP contribution in [0.5, 0.6) is 0 Å². The summed E-state index contributed by atoms with van der Waals surface area (Å²) in [6, 6.07) is 9.42. The summed E-state index contributed by atoms with van der Waals surface area (Å²) in [4.78, 5) is 16.4. The number of fused-ring (bicyclic) bond motifs is 1. The minimum atomic E-state index is -0.300. The summed E-state index contributed by atoms with van der Waals surface area (Å²) < 4.78 is 6.74. The third-order valence-corrected chi connectivity index (χ3v) is 2.92. The van der Waals surface area contributed by atoms with Crippen LogP contribution in [0.25, 0.3) is 17.1 Å². The van der Waals surface area contributed by atoms with Gasteiger partial charge in [-0.05, 0) is 19.1 Å². The molecule has 0 aliphatic carbocycles. The number of nitriles is 1. The summed E-state index contributed by atoms with van der Waals surface area (Å²) in [5.41, 5.74) is 2.07. The highest BCUT2D eigenvalue weighted by Crippen LogP contribution is 2.16. The molecule has 0 aliphatic rings. The van der Waals surface area contributed by atoms with Gasteiger partial charge in [-0.1, -0.05) is 12.1 Å². The molecule has 19 heavy (non-hydrogen) atoms. The predicted octanol–water partition coefficient (Wildman–Crippen LogP) is 1.68. The average Bonchev–Trinajstić information content (AvgIpc) is 2.94. The first-order valence-electron chi connectivity index (χ1n) is 5.74. The molecule has 0 saturated heterocycles. The van der Waals surface area contributed by atoms with Crippen LogP contribution in [0, 0.1) is 18.3 Å². The van der Waals surface area contributed by atoms with Gasteiger partial charge in [0, 0.05) is 5.69 Å². The van der Waals surface area contributed by atoms with Gasteiger partial charge in [0.1, 0.15) is 5.52 Å². The summed E-state index contributed by atoms with van der Waals surface area (Å²) in [6.07, 6.45) is 0.0639. The topological polar surface area (TPSA) is 87.6 Å². The molecule has 0 radical (unpaired) electrons. The van der Waals surface area contributed by atoms with Gasteiger partial charge >= 0.3 is 6.01 Å². The zero-order valence-corrected chi connectivity index (χ0v) is 10.2. The predicted molar refractivity (Wildman–Crippen MR) is 68.0 cm³/mol. The van der Waals surface area contributed by atoms with Crippen molar-refractivity contribution < 1.29 is 4.42 Å². The van der Waals surface area contributed by atoms with Gasteiger partial charge in [-0.25, -0.2) is 0 Å². The largest absolute Gasteiger partial charge is 0.422 e. The van der Waals surface area contributed by atoms with E-state index in [9.17, 15) is 4.79 Å². The van der Waals surface area contributed by atoms with Gasteiger partial charge in [-0.3, -0.25) is 9.89 Å². The number of oxazole rings is 1. The van der Waals surface area contributed by atoms with Crippen LogP contribution in [0.1, 0.15) is 11.3 Å². The van der Waals surface area contributed by atoms with Crippen LogP contribution in [-0.4, -0.2) is 14.8 Å². The zero-order valence-electron chi connectivity index (χ0n) is 10.2. The van der Waals surface area contributed by atoms with Crippen LogP contribution in [0.2, 0.25) is 0 Å². The lowest BCUT2D eigenvalue weighted by Crippen LogP contribution is -2.17. The van der Waals surface area contributed by atoms with Crippen LogP contribution >= 0.6 is 0 Å². The van der Waals surface area contributed by atoms with Crippen molar-refractivity contribution in [1.29, 1.82) is 5.26 Å². The number of hydrogen-bond donors (Lipinski definition) is 1. The lowest BCUT2D eigenvalue weighted by molar-refractivity contribution is 0.535. The van der Waals surface area contributed by atoms with Crippen molar-refractivity contribution in [2.75, 3.05) is 0 Å². The van der Waals surface area contributed by atoms with Gasteiger partial charge in [0.05, 0.1) is 18.1 Å². The minimum absolute atomic E-state index is 0.0639. The van der Waals surface area contributed by atoms with Crippen molar-refractivity contribution in [1.82, 2.24) is 14.8 Å². The number of H-pyrrole nitrogens is 1. The molecule has 0 unspecified atom stereocenters. The fourth-order valence-corrected chi connectivity index (χ4v) is 1.96. The molecule has 0 aliphatic heterocycles. The van der Waals surface area contributed by atoms with Crippen LogP contribution in [-0.2, 0) is 6.42 Å². The van der Waals surface area contributed by atoms with Gasteiger partial charge in [0.25, 0.3) is 5.56 Å². The molecule has 6 nitrogen and oxygen atoms in total. The lowest BCUT2D eigenvalue weighted by atomic mass is 10.2. The highest BCUT2D eigenvalue weighted by atomic mass is 16.4. The van der Waals surface area contributed by atoms with E-state index in [0.29, 0.717) is 22.4 Å². The first-order chi connectivity index (χ1) is 9.20. The fourth-order valence-electron chi connectivity index (χ4n) is 1.96. The van der Waals surface area contributed by atoms with E-state index in [4.69, 9.17) is 9.68 Å². The molecule has 3 rings (SSSR count). The SMILES string of the molecule is Cc1[nH]n(-c2nc3ccccc3o2)c(=O)c1CC#N. The Labute approximate surface area is 107 Å². The first kappa shape index (κ1) is 11.3. The number of para-hydroxylation sites is 2. The molecular weight excluding hydrogens is 244 g/mol. The van der Waals surface area contributed by atoms with Crippen LogP contribution < -0.4 is 5.56 Å². The van der Waals surface area contributed by atoms with E-state index in [1.807, 2.05) is 18.2 Å². The van der Waals surface area contributed by atoms with Crippen molar-refractivity contribution in [3.05, 3.63) is 45.9 Å². The molecule has 1 aromatic carbocycles. The summed E-state index contributed by atoms with van der Waals surface area (Å²) >= 11 is 0. The van der Waals surface area contributed by atoms with Crippen LogP contribution in [0.4, 0.5) is 0 Å². The number of aromatic amines is 1. The number of aromatic nitrogens is 3. The average molecular weight is 254 g/mol. The molecule has 2 aromatic heterocycles. The number of hydrogen-bond acceptors (Lipinski definition) is 4. The van der Waals surface area contributed by atoms with Gasteiger partial charge in [-0.2, -0.15) is 14.9 Å². The van der Waals surface area contributed by atoms with E-state index in [0.717, 1.165) is 0 Å². The van der Waals surface area contributed by atoms with Gasteiger partial charge in [-0.15, -0.1) is 0 Å². The second-order valence-electron chi connectivity index (χ2n) is 4.15. The van der Waals surface area contributed by atoms with Crippen molar-refractivity contribution in [3.63, 3.8) is 0 Å². The summed E-state index contributed by atoms with van der Waals surface area (Å²) in [6.45, 7) is 1.74. The Morgan fingerprint density at radius 3 is 3.00 bits per heavy atom. The number of benzene rings is 1. The maximum absolute atomic E-state index is 12.1. The molecule has 0 amide bonds. The van der Waals surface area contributed by atoms with Crippen LogP contribution in [0.3, 0.4) is 0 Å². The smallest absolute Gasteiger partial charge is 0.325 e. The lowest BCUT2D eigenvalue weighted by Gasteiger charge is -1.91. The Balaban J connectivity index is 2.19. The molecule has 3 aromatic rings. The molecule has 0 bridgehead atoms. The van der Waals surface area contributed by atoms with E-state index in [-0.39, 0.29) is 18.0 Å². The zero-order chi connectivity index (χ0) is 13.4. The Bertz CT molecular complexity index is 815. The van der Waals surface area contributed by atoms with E-state index >= 15 is 0 Å². The number of aryl methyl sites for hydroxylation is 1. The second-order valence-corrected chi connectivity index (χ2v) is 4.15. The van der Waals surface area contributed by atoms with Crippen molar-refractivity contribution in [2.24, 2.45) is 0 Å². The standard InChI is InChI=1S/C13H10N4O2/c1-8-9(6-7-14)12(18)17(16-8)13-15-10-4-2-3-5-11(10)19-13/h2-5,16H,6H2,1H3. The van der Waals surface area contributed by atoms with Gasteiger partial charge < -0.3 is 4.42 Å². The molecule has 0 fully saturated rings. The number of nitrogens with zero attached hydrogens (tertiary/aromatic N) is 3. The van der Waals surface area contributed by atoms with Crippen molar-refractivity contribution in [2.45, 2.75) is 13.3 Å². The maximum Gasteiger partial charge on any atom is 0.325 e. The quantitative estimate of drug-likeness (QED) is 0.753. The van der Waals surface area contributed by atoms with E-state index in [1.54, 1.807) is 19.1 Å². The Morgan fingerprint density at radius 1 is 1.47 bits per heavy atom. The Morgan fingerprint density at radius 2 is 2.26 bits per heavy atom. The molecule has 0 saturated carbocycles. The van der Waals surface area contributed by atoms with Crippen molar-refractivity contribution in [3.8, 4) is 12.1 Å².